The minimum Gasteiger partial charge on any atom is -0.380 e. The number of alkyl halides is 3. The van der Waals surface area contributed by atoms with Gasteiger partial charge >= 0.3 is 6.18 Å². The van der Waals surface area contributed by atoms with Crippen LogP contribution in [0.15, 0.2) is 48.8 Å². The van der Waals surface area contributed by atoms with Gasteiger partial charge in [0.05, 0.1) is 12.3 Å². The van der Waals surface area contributed by atoms with E-state index in [1.807, 2.05) is 27.0 Å². The molecule has 0 atom stereocenters. The van der Waals surface area contributed by atoms with E-state index in [2.05, 4.69) is 32.0 Å². The van der Waals surface area contributed by atoms with Crippen molar-refractivity contribution in [3.05, 3.63) is 71.3 Å². The number of aryl methyl sites for hydroxylation is 1. The third kappa shape index (κ3) is 8.09. The zero-order valence-electron chi connectivity index (χ0n) is 23.1. The number of rotatable bonds is 13. The standard InChI is InChI=1S/C29H34F3N5O3/c1-5-36(4)11-12-37(13-14-40-6-2)26-15-22(18-34-25(26)19-38)24-17-23(8-7-20(24)3)35-28(39)21-9-10-33-27(16-21)29(30,31)32/h7-10,15-19H,5-6,11-14H2,1-4H3,(H,35,39). The number of nitrogens with one attached hydrogen (secondary N) is 1. The first-order valence-corrected chi connectivity index (χ1v) is 13.0. The number of anilines is 2. The molecule has 0 saturated heterocycles. The first-order chi connectivity index (χ1) is 19.1. The summed E-state index contributed by atoms with van der Waals surface area (Å²) in [5.74, 6) is -0.694. The quantitative estimate of drug-likeness (QED) is 0.225. The summed E-state index contributed by atoms with van der Waals surface area (Å²) in [5, 5.41) is 2.66. The second-order valence-corrected chi connectivity index (χ2v) is 9.24. The number of ether oxygens (including phenoxy) is 1. The van der Waals surface area contributed by atoms with Gasteiger partial charge in [0.1, 0.15) is 11.4 Å². The Labute approximate surface area is 232 Å². The van der Waals surface area contributed by atoms with E-state index in [1.165, 1.54) is 6.07 Å². The van der Waals surface area contributed by atoms with Crippen molar-refractivity contribution in [2.75, 3.05) is 56.7 Å². The molecule has 0 radical (unpaired) electrons. The van der Waals surface area contributed by atoms with Crippen molar-refractivity contribution in [3.63, 3.8) is 0 Å². The van der Waals surface area contributed by atoms with Gasteiger partial charge in [-0.15, -0.1) is 0 Å². The number of nitrogens with zero attached hydrogens (tertiary/aromatic N) is 4. The molecular weight excluding hydrogens is 523 g/mol. The normalized spacial score (nSPS) is 11.5. The Balaban J connectivity index is 1.93. The molecule has 40 heavy (non-hydrogen) atoms. The predicted octanol–water partition coefficient (Wildman–Crippen LogP) is 5.33. The third-order valence-electron chi connectivity index (χ3n) is 6.47. The van der Waals surface area contributed by atoms with Gasteiger partial charge in [0.2, 0.25) is 0 Å². The molecule has 0 aliphatic rings. The summed E-state index contributed by atoms with van der Waals surface area (Å²) >= 11 is 0. The number of pyridine rings is 2. The smallest absolute Gasteiger partial charge is 0.380 e. The highest BCUT2D eigenvalue weighted by Crippen LogP contribution is 2.31. The van der Waals surface area contributed by atoms with Crippen molar-refractivity contribution in [3.8, 4) is 11.1 Å². The van der Waals surface area contributed by atoms with Crippen molar-refractivity contribution < 1.29 is 27.5 Å². The highest BCUT2D eigenvalue weighted by molar-refractivity contribution is 6.04. The van der Waals surface area contributed by atoms with Gasteiger partial charge in [-0.3, -0.25) is 19.6 Å². The van der Waals surface area contributed by atoms with Gasteiger partial charge in [0.25, 0.3) is 5.91 Å². The van der Waals surface area contributed by atoms with Crippen molar-refractivity contribution >= 4 is 23.6 Å². The molecule has 1 amide bonds. The molecule has 0 spiro atoms. The molecule has 0 bridgehead atoms. The molecule has 0 fully saturated rings. The predicted molar refractivity (Wildman–Crippen MR) is 149 cm³/mol. The number of aromatic nitrogens is 2. The number of hydrogen-bond acceptors (Lipinski definition) is 7. The van der Waals surface area contributed by atoms with Crippen LogP contribution >= 0.6 is 0 Å². The zero-order chi connectivity index (χ0) is 29.3. The minimum absolute atomic E-state index is 0.161. The lowest BCUT2D eigenvalue weighted by atomic mass is 10.00. The summed E-state index contributed by atoms with van der Waals surface area (Å²) in [4.78, 5) is 36.6. The molecule has 3 rings (SSSR count). The number of halogens is 3. The van der Waals surface area contributed by atoms with Crippen LogP contribution in [0.2, 0.25) is 0 Å². The van der Waals surface area contributed by atoms with Crippen LogP contribution in [-0.4, -0.2) is 73.5 Å². The molecule has 0 aliphatic carbocycles. The van der Waals surface area contributed by atoms with Crippen molar-refractivity contribution in [2.45, 2.75) is 26.9 Å². The molecule has 11 heteroatoms. The van der Waals surface area contributed by atoms with Crippen molar-refractivity contribution in [1.82, 2.24) is 14.9 Å². The first-order valence-electron chi connectivity index (χ1n) is 13.0. The highest BCUT2D eigenvalue weighted by atomic mass is 19.4. The van der Waals surface area contributed by atoms with Gasteiger partial charge in [-0.1, -0.05) is 13.0 Å². The number of likely N-dealkylation sites (N-methyl/N-ethyl adjacent to an activating group) is 1. The maximum Gasteiger partial charge on any atom is 0.433 e. The number of hydrogen-bond donors (Lipinski definition) is 1. The van der Waals surface area contributed by atoms with Gasteiger partial charge in [0, 0.05) is 55.4 Å². The van der Waals surface area contributed by atoms with E-state index in [1.54, 1.807) is 24.4 Å². The number of benzene rings is 1. The molecule has 0 aliphatic heterocycles. The van der Waals surface area contributed by atoms with E-state index in [-0.39, 0.29) is 5.56 Å². The van der Waals surface area contributed by atoms with Crippen LogP contribution in [0.3, 0.4) is 0 Å². The van der Waals surface area contributed by atoms with Crippen LogP contribution in [-0.2, 0) is 10.9 Å². The van der Waals surface area contributed by atoms with Gasteiger partial charge < -0.3 is 19.9 Å². The van der Waals surface area contributed by atoms with Crippen LogP contribution in [0.1, 0.15) is 46.0 Å². The largest absolute Gasteiger partial charge is 0.433 e. The van der Waals surface area contributed by atoms with E-state index in [9.17, 15) is 22.8 Å². The summed E-state index contributed by atoms with van der Waals surface area (Å²) in [6, 6.07) is 9.03. The molecule has 8 nitrogen and oxygen atoms in total. The van der Waals surface area contributed by atoms with E-state index in [0.717, 1.165) is 42.3 Å². The number of carbonyl (C=O) groups is 2. The molecule has 0 saturated carbocycles. The van der Waals surface area contributed by atoms with Crippen LogP contribution in [0.4, 0.5) is 24.5 Å². The fourth-order valence-corrected chi connectivity index (χ4v) is 4.02. The Morgan fingerprint density at radius 1 is 1.07 bits per heavy atom. The average molecular weight is 558 g/mol. The maximum absolute atomic E-state index is 13.0. The van der Waals surface area contributed by atoms with Crippen LogP contribution < -0.4 is 10.2 Å². The number of amides is 1. The van der Waals surface area contributed by atoms with E-state index >= 15 is 0 Å². The lowest BCUT2D eigenvalue weighted by Crippen LogP contribution is -2.36. The van der Waals surface area contributed by atoms with Crippen LogP contribution in [0.25, 0.3) is 11.1 Å². The molecule has 2 aromatic heterocycles. The Morgan fingerprint density at radius 3 is 2.52 bits per heavy atom. The summed E-state index contributed by atoms with van der Waals surface area (Å²) in [6.07, 6.45) is -1.38. The van der Waals surface area contributed by atoms with E-state index < -0.39 is 17.8 Å². The lowest BCUT2D eigenvalue weighted by Gasteiger charge is -2.28. The first kappa shape index (κ1) is 30.7. The molecule has 0 unspecified atom stereocenters. The Hall–Kier alpha value is -3.83. The van der Waals surface area contributed by atoms with Crippen LogP contribution in [0, 0.1) is 6.92 Å². The molecule has 214 valence electrons. The van der Waals surface area contributed by atoms with Crippen LogP contribution in [0.5, 0.6) is 0 Å². The zero-order valence-corrected chi connectivity index (χ0v) is 23.1. The Morgan fingerprint density at radius 2 is 1.85 bits per heavy atom. The minimum atomic E-state index is -4.66. The SMILES string of the molecule is CCOCCN(CCN(C)CC)c1cc(-c2cc(NC(=O)c3ccnc(C(F)(F)F)c3)ccc2C)cnc1C=O. The molecule has 3 aromatic rings. The van der Waals surface area contributed by atoms with E-state index in [0.29, 0.717) is 49.4 Å². The molecule has 1 aromatic carbocycles. The Bertz CT molecular complexity index is 1320. The van der Waals surface area contributed by atoms with Gasteiger partial charge in [0.15, 0.2) is 6.29 Å². The summed E-state index contributed by atoms with van der Waals surface area (Å²) in [5.41, 5.74) is 2.44. The maximum atomic E-state index is 13.0. The third-order valence-corrected chi connectivity index (χ3v) is 6.47. The summed E-state index contributed by atoms with van der Waals surface area (Å²) in [6.45, 7) is 9.84. The van der Waals surface area contributed by atoms with Gasteiger partial charge in [-0.2, -0.15) is 13.2 Å². The van der Waals surface area contributed by atoms with E-state index in [4.69, 9.17) is 4.74 Å². The van der Waals surface area contributed by atoms with Gasteiger partial charge in [-0.25, -0.2) is 0 Å². The molecule has 1 N–H and O–H groups in total. The number of aldehydes is 1. The number of carbonyl (C=O) groups excluding carboxylic acids is 2. The summed E-state index contributed by atoms with van der Waals surface area (Å²) < 4.78 is 44.7. The second-order valence-electron chi connectivity index (χ2n) is 9.24. The second kappa shape index (κ2) is 14.0. The monoisotopic (exact) mass is 557 g/mol. The fraction of sp³-hybridized carbons (Fsp3) is 0.379. The van der Waals surface area contributed by atoms with Gasteiger partial charge in [-0.05, 0) is 68.9 Å². The summed E-state index contributed by atoms with van der Waals surface area (Å²) in [7, 11) is 2.02. The topological polar surface area (TPSA) is 87.7 Å². The van der Waals surface area contributed by atoms with Crippen molar-refractivity contribution in [1.29, 1.82) is 0 Å². The molecular formula is C29H34F3N5O3. The highest BCUT2D eigenvalue weighted by Gasteiger charge is 2.33. The Kier molecular flexibility index (Phi) is 10.7. The van der Waals surface area contributed by atoms with Crippen molar-refractivity contribution in [2.24, 2.45) is 0 Å². The molecule has 2 heterocycles. The average Bonchev–Trinajstić information content (AvgIpc) is 2.95. The lowest BCUT2D eigenvalue weighted by molar-refractivity contribution is -0.141. The fourth-order valence-electron chi connectivity index (χ4n) is 4.02.